The van der Waals surface area contributed by atoms with Crippen LogP contribution in [-0.2, 0) is 17.7 Å². The van der Waals surface area contributed by atoms with Crippen LogP contribution >= 0.6 is 0 Å². The second kappa shape index (κ2) is 9.87. The number of nitrogen functional groups attached to an aromatic ring is 1. The molecule has 4 aromatic rings. The Hall–Kier alpha value is -4.00. The third-order valence-electron chi connectivity index (χ3n) is 5.20. The van der Waals surface area contributed by atoms with Crippen molar-refractivity contribution in [2.45, 2.75) is 19.9 Å². The van der Waals surface area contributed by atoms with Gasteiger partial charge in [0.2, 0.25) is 0 Å². The predicted molar refractivity (Wildman–Crippen MR) is 129 cm³/mol. The predicted octanol–water partition coefficient (Wildman–Crippen LogP) is 4.89. The van der Waals surface area contributed by atoms with Crippen LogP contribution in [-0.4, -0.2) is 28.8 Å². The summed E-state index contributed by atoms with van der Waals surface area (Å²) in [5, 5.41) is 7.16. The van der Waals surface area contributed by atoms with E-state index in [4.69, 9.17) is 10.5 Å². The number of nitrogens with one attached hydrogen (secondary N) is 2. The lowest BCUT2D eigenvalue weighted by Gasteiger charge is -2.10. The first-order valence-electron chi connectivity index (χ1n) is 10.7. The molecule has 0 bridgehead atoms. The molecule has 0 spiro atoms. The molecule has 0 atom stereocenters. The van der Waals surface area contributed by atoms with E-state index < -0.39 is 6.09 Å². The molecule has 2 heterocycles. The first-order chi connectivity index (χ1) is 15.6. The summed E-state index contributed by atoms with van der Waals surface area (Å²) >= 11 is 0. The van der Waals surface area contributed by atoms with Crippen molar-refractivity contribution in [3.05, 3.63) is 84.1 Å². The van der Waals surface area contributed by atoms with Crippen LogP contribution in [0, 0.1) is 0 Å². The molecule has 0 aliphatic rings. The van der Waals surface area contributed by atoms with Gasteiger partial charge in [-0.2, -0.15) is 0 Å². The minimum absolute atomic E-state index is 0.238. The largest absolute Gasteiger partial charge is 0.450 e. The van der Waals surface area contributed by atoms with Gasteiger partial charge in [-0.25, -0.2) is 9.78 Å². The highest BCUT2D eigenvalue weighted by Crippen LogP contribution is 2.23. The minimum atomic E-state index is -0.548. The molecule has 32 heavy (non-hydrogen) atoms. The summed E-state index contributed by atoms with van der Waals surface area (Å²) < 4.78 is 7.17. The number of pyridine rings is 1. The molecule has 0 unspecified atom stereocenters. The number of anilines is 3. The van der Waals surface area contributed by atoms with Gasteiger partial charge in [0.15, 0.2) is 0 Å². The number of nitrogens with two attached hydrogens (primary N) is 1. The SMILES string of the molecule is CCOC(=O)Nc1ccc(NCCc2cn(Cc3ccccc3)c3ccccc23)nc1N. The summed E-state index contributed by atoms with van der Waals surface area (Å²) in [4.78, 5) is 15.9. The fourth-order valence-electron chi connectivity index (χ4n) is 3.71. The molecule has 0 fully saturated rings. The highest BCUT2D eigenvalue weighted by atomic mass is 16.5. The Balaban J connectivity index is 1.42. The van der Waals surface area contributed by atoms with Gasteiger partial charge in [0.05, 0.1) is 12.3 Å². The minimum Gasteiger partial charge on any atom is -0.450 e. The average molecular weight is 430 g/mol. The van der Waals surface area contributed by atoms with Crippen LogP contribution in [0.1, 0.15) is 18.1 Å². The highest BCUT2D eigenvalue weighted by Gasteiger charge is 2.10. The number of benzene rings is 2. The zero-order valence-corrected chi connectivity index (χ0v) is 18.0. The van der Waals surface area contributed by atoms with Crippen LogP contribution in [0.2, 0.25) is 0 Å². The molecule has 2 aromatic heterocycles. The number of ether oxygens (including phenoxy) is 1. The Morgan fingerprint density at radius 1 is 1.06 bits per heavy atom. The molecule has 4 rings (SSSR count). The van der Waals surface area contributed by atoms with E-state index in [-0.39, 0.29) is 5.82 Å². The number of fused-ring (bicyclic) bond motifs is 1. The quantitative estimate of drug-likeness (QED) is 0.371. The summed E-state index contributed by atoms with van der Waals surface area (Å²) in [6.07, 6.45) is 2.52. The summed E-state index contributed by atoms with van der Waals surface area (Å²) in [7, 11) is 0. The van der Waals surface area contributed by atoms with Crippen LogP contribution in [0.25, 0.3) is 10.9 Å². The summed E-state index contributed by atoms with van der Waals surface area (Å²) in [5.41, 5.74) is 10.2. The van der Waals surface area contributed by atoms with E-state index in [1.807, 2.05) is 6.07 Å². The van der Waals surface area contributed by atoms with Gasteiger partial charge in [-0.1, -0.05) is 48.5 Å². The van der Waals surface area contributed by atoms with Crippen molar-refractivity contribution in [1.29, 1.82) is 0 Å². The molecule has 0 saturated heterocycles. The van der Waals surface area contributed by atoms with Crippen molar-refractivity contribution in [2.24, 2.45) is 0 Å². The Morgan fingerprint density at radius 3 is 2.62 bits per heavy atom. The molecule has 0 saturated carbocycles. The van der Waals surface area contributed by atoms with Gasteiger partial charge in [-0.15, -0.1) is 0 Å². The van der Waals surface area contributed by atoms with Gasteiger partial charge in [0.25, 0.3) is 0 Å². The number of carbonyl (C=O) groups excluding carboxylic acids is 1. The van der Waals surface area contributed by atoms with E-state index in [1.54, 1.807) is 19.1 Å². The molecule has 1 amide bonds. The summed E-state index contributed by atoms with van der Waals surface area (Å²) in [5.74, 6) is 0.896. The second-order valence-electron chi connectivity index (χ2n) is 7.44. The van der Waals surface area contributed by atoms with Gasteiger partial charge >= 0.3 is 6.09 Å². The van der Waals surface area contributed by atoms with Gasteiger partial charge in [0, 0.05) is 30.2 Å². The number of hydrogen-bond acceptors (Lipinski definition) is 5. The van der Waals surface area contributed by atoms with Gasteiger partial charge in [-0.05, 0) is 42.7 Å². The fraction of sp³-hybridized carbons (Fsp3) is 0.200. The zero-order valence-electron chi connectivity index (χ0n) is 18.0. The lowest BCUT2D eigenvalue weighted by Crippen LogP contribution is -2.15. The lowest BCUT2D eigenvalue weighted by molar-refractivity contribution is 0.168. The normalized spacial score (nSPS) is 10.8. The summed E-state index contributed by atoms with van der Waals surface area (Å²) in [6.45, 7) is 3.58. The lowest BCUT2D eigenvalue weighted by atomic mass is 10.1. The van der Waals surface area contributed by atoms with Crippen molar-refractivity contribution in [1.82, 2.24) is 9.55 Å². The number of carbonyl (C=O) groups is 1. The zero-order chi connectivity index (χ0) is 22.3. The third kappa shape index (κ3) is 5.00. The highest BCUT2D eigenvalue weighted by molar-refractivity contribution is 5.88. The van der Waals surface area contributed by atoms with Crippen molar-refractivity contribution in [3.8, 4) is 0 Å². The van der Waals surface area contributed by atoms with Crippen molar-refractivity contribution < 1.29 is 9.53 Å². The Morgan fingerprint density at radius 2 is 1.84 bits per heavy atom. The Kier molecular flexibility index (Phi) is 6.55. The molecular formula is C25H27N5O2. The number of para-hydroxylation sites is 1. The average Bonchev–Trinajstić information content (AvgIpc) is 3.14. The number of hydrogen-bond donors (Lipinski definition) is 3. The molecule has 0 aliphatic carbocycles. The monoisotopic (exact) mass is 429 g/mol. The maximum atomic E-state index is 11.6. The molecule has 4 N–H and O–H groups in total. The second-order valence-corrected chi connectivity index (χ2v) is 7.44. The van der Waals surface area contributed by atoms with E-state index in [9.17, 15) is 4.79 Å². The summed E-state index contributed by atoms with van der Waals surface area (Å²) in [6, 6.07) is 22.4. The number of amides is 1. The Bertz CT molecular complexity index is 1200. The first kappa shape index (κ1) is 21.2. The van der Waals surface area contributed by atoms with Crippen molar-refractivity contribution in [3.63, 3.8) is 0 Å². The van der Waals surface area contributed by atoms with E-state index in [0.717, 1.165) is 13.0 Å². The fourth-order valence-corrected chi connectivity index (χ4v) is 3.71. The molecule has 7 heteroatoms. The van der Waals surface area contributed by atoms with E-state index >= 15 is 0 Å². The van der Waals surface area contributed by atoms with E-state index in [0.29, 0.717) is 24.7 Å². The Labute approximate surface area is 187 Å². The van der Waals surface area contributed by atoms with Crippen LogP contribution in [0.15, 0.2) is 72.9 Å². The van der Waals surface area contributed by atoms with Gasteiger partial charge in [0.1, 0.15) is 11.6 Å². The van der Waals surface area contributed by atoms with Gasteiger partial charge < -0.3 is 20.4 Å². The van der Waals surface area contributed by atoms with Crippen LogP contribution in [0.3, 0.4) is 0 Å². The standard InChI is InChI=1S/C25H27N5O2/c1-2-32-25(31)28-21-12-13-23(29-24(21)26)27-15-14-19-17-30(16-18-8-4-3-5-9-18)22-11-7-6-10-20(19)22/h3-13,17H,2,14-16H2,1H3,(H,28,31)(H3,26,27,29). The topological polar surface area (TPSA) is 94.2 Å². The molecule has 2 aromatic carbocycles. The number of nitrogens with zero attached hydrogens (tertiary/aromatic N) is 2. The smallest absolute Gasteiger partial charge is 0.411 e. The third-order valence-corrected chi connectivity index (χ3v) is 5.20. The first-order valence-corrected chi connectivity index (χ1v) is 10.7. The number of rotatable bonds is 8. The van der Waals surface area contributed by atoms with Crippen molar-refractivity contribution in [2.75, 3.05) is 29.5 Å². The maximum absolute atomic E-state index is 11.6. The molecule has 7 nitrogen and oxygen atoms in total. The molecule has 0 radical (unpaired) electrons. The maximum Gasteiger partial charge on any atom is 0.411 e. The molecule has 0 aliphatic heterocycles. The van der Waals surface area contributed by atoms with Gasteiger partial charge in [-0.3, -0.25) is 5.32 Å². The molecular weight excluding hydrogens is 402 g/mol. The number of aromatic nitrogens is 2. The van der Waals surface area contributed by atoms with E-state index in [1.165, 1.54) is 22.0 Å². The van der Waals surface area contributed by atoms with Crippen LogP contribution < -0.4 is 16.4 Å². The van der Waals surface area contributed by atoms with E-state index in [2.05, 4.69) is 74.9 Å². The van der Waals surface area contributed by atoms with Crippen LogP contribution in [0.5, 0.6) is 0 Å². The van der Waals surface area contributed by atoms with Crippen molar-refractivity contribution >= 4 is 34.3 Å². The van der Waals surface area contributed by atoms with Crippen LogP contribution in [0.4, 0.5) is 22.1 Å². The molecule has 164 valence electrons.